The highest BCUT2D eigenvalue weighted by molar-refractivity contribution is 5.24. The lowest BCUT2D eigenvalue weighted by molar-refractivity contribution is 0.541. The largest absolute Gasteiger partial charge is 0.321 e. The second kappa shape index (κ2) is 2.76. The highest BCUT2D eigenvalue weighted by atomic mass is 14.9. The van der Waals surface area contributed by atoms with Gasteiger partial charge in [0.25, 0.3) is 0 Å². The Morgan fingerprint density at radius 1 is 1.21 bits per heavy atom. The Morgan fingerprint density at radius 2 is 1.71 bits per heavy atom. The molecule has 0 amide bonds. The van der Waals surface area contributed by atoms with Crippen molar-refractivity contribution in [2.45, 2.75) is 44.6 Å². The van der Waals surface area contributed by atoms with Crippen LogP contribution >= 0.6 is 0 Å². The van der Waals surface area contributed by atoms with Crippen LogP contribution in [-0.2, 0) is 11.0 Å². The minimum absolute atomic E-state index is 0.0177. The van der Waals surface area contributed by atoms with Crippen molar-refractivity contribution in [2.75, 3.05) is 0 Å². The third-order valence-corrected chi connectivity index (χ3v) is 2.69. The Morgan fingerprint density at radius 3 is 2.07 bits per heavy atom. The lowest BCUT2D eigenvalue weighted by atomic mass is 9.95. The van der Waals surface area contributed by atoms with Gasteiger partial charge >= 0.3 is 0 Å². The van der Waals surface area contributed by atoms with Crippen LogP contribution in [0.15, 0.2) is 12.4 Å². The predicted octanol–water partition coefficient (Wildman–Crippen LogP) is 1.72. The van der Waals surface area contributed by atoms with Gasteiger partial charge in [0.15, 0.2) is 0 Å². The molecule has 0 bridgehead atoms. The van der Waals surface area contributed by atoms with E-state index in [1.807, 2.05) is 12.4 Å². The van der Waals surface area contributed by atoms with Crippen molar-refractivity contribution in [1.82, 2.24) is 9.97 Å². The average molecular weight is 191 g/mol. The third kappa shape index (κ3) is 1.64. The summed E-state index contributed by atoms with van der Waals surface area (Å²) in [4.78, 5) is 8.73. The van der Waals surface area contributed by atoms with E-state index in [0.717, 1.165) is 24.2 Å². The zero-order chi connectivity index (χ0) is 10.4. The van der Waals surface area contributed by atoms with Crippen molar-refractivity contribution in [3.05, 3.63) is 23.8 Å². The summed E-state index contributed by atoms with van der Waals surface area (Å²) in [7, 11) is 0. The van der Waals surface area contributed by atoms with E-state index in [0.29, 0.717) is 0 Å². The SMILES string of the molecule is CC(C)(C)c1ncc(C2(N)CC2)cn1. The van der Waals surface area contributed by atoms with E-state index in [9.17, 15) is 0 Å². The molecule has 0 radical (unpaired) electrons. The molecular weight excluding hydrogens is 174 g/mol. The molecule has 1 aromatic heterocycles. The Labute approximate surface area is 84.8 Å². The molecule has 2 N–H and O–H groups in total. The van der Waals surface area contributed by atoms with Gasteiger partial charge in [-0.05, 0) is 12.8 Å². The standard InChI is InChI=1S/C11H17N3/c1-10(2,3)9-13-6-8(7-14-9)11(12)4-5-11/h6-7H,4-5,12H2,1-3H3. The van der Waals surface area contributed by atoms with Crippen molar-refractivity contribution in [3.63, 3.8) is 0 Å². The van der Waals surface area contributed by atoms with Crippen LogP contribution in [0.25, 0.3) is 0 Å². The maximum Gasteiger partial charge on any atom is 0.133 e. The number of nitrogens with two attached hydrogens (primary N) is 1. The first-order valence-electron chi connectivity index (χ1n) is 5.04. The molecular formula is C11H17N3. The smallest absolute Gasteiger partial charge is 0.133 e. The summed E-state index contributed by atoms with van der Waals surface area (Å²) in [5.41, 5.74) is 7.02. The van der Waals surface area contributed by atoms with Crippen LogP contribution in [0, 0.1) is 0 Å². The first-order valence-corrected chi connectivity index (χ1v) is 5.04. The Kier molecular flexibility index (Phi) is 1.89. The van der Waals surface area contributed by atoms with Crippen LogP contribution in [0.3, 0.4) is 0 Å². The van der Waals surface area contributed by atoms with Gasteiger partial charge in [-0.15, -0.1) is 0 Å². The van der Waals surface area contributed by atoms with Gasteiger partial charge < -0.3 is 5.73 Å². The molecule has 76 valence electrons. The monoisotopic (exact) mass is 191 g/mol. The predicted molar refractivity (Wildman–Crippen MR) is 55.8 cm³/mol. The molecule has 1 saturated carbocycles. The number of hydrogen-bond donors (Lipinski definition) is 1. The number of nitrogens with zero attached hydrogens (tertiary/aromatic N) is 2. The van der Waals surface area contributed by atoms with Crippen molar-refractivity contribution in [1.29, 1.82) is 0 Å². The highest BCUT2D eigenvalue weighted by Gasteiger charge is 2.40. The van der Waals surface area contributed by atoms with Gasteiger partial charge in [-0.2, -0.15) is 0 Å². The van der Waals surface area contributed by atoms with E-state index in [-0.39, 0.29) is 11.0 Å². The van der Waals surface area contributed by atoms with Crippen LogP contribution in [-0.4, -0.2) is 9.97 Å². The van der Waals surface area contributed by atoms with Crippen LogP contribution < -0.4 is 5.73 Å². The molecule has 0 aromatic carbocycles. The second-order valence-corrected chi connectivity index (χ2v) is 5.20. The molecule has 3 nitrogen and oxygen atoms in total. The van der Waals surface area contributed by atoms with Gasteiger partial charge in [0, 0.05) is 28.9 Å². The van der Waals surface area contributed by atoms with Crippen molar-refractivity contribution >= 4 is 0 Å². The van der Waals surface area contributed by atoms with Gasteiger partial charge in [0.05, 0.1) is 0 Å². The normalized spacial score (nSPS) is 19.4. The molecule has 14 heavy (non-hydrogen) atoms. The van der Waals surface area contributed by atoms with Crippen molar-refractivity contribution < 1.29 is 0 Å². The summed E-state index contributed by atoms with van der Waals surface area (Å²) in [6, 6.07) is 0. The maximum absolute atomic E-state index is 6.05. The molecule has 1 aliphatic carbocycles. The van der Waals surface area contributed by atoms with Crippen molar-refractivity contribution in [3.8, 4) is 0 Å². The molecule has 0 spiro atoms. The Hall–Kier alpha value is -0.960. The van der Waals surface area contributed by atoms with Gasteiger partial charge in [0.2, 0.25) is 0 Å². The lowest BCUT2D eigenvalue weighted by Gasteiger charge is -2.17. The molecule has 3 heteroatoms. The fraction of sp³-hybridized carbons (Fsp3) is 0.636. The molecule has 0 unspecified atom stereocenters. The summed E-state index contributed by atoms with van der Waals surface area (Å²) in [6.45, 7) is 6.33. The third-order valence-electron chi connectivity index (χ3n) is 2.69. The second-order valence-electron chi connectivity index (χ2n) is 5.20. The molecule has 1 aliphatic rings. The first kappa shape index (κ1) is 9.59. The molecule has 1 fully saturated rings. The van der Waals surface area contributed by atoms with Gasteiger partial charge in [-0.1, -0.05) is 20.8 Å². The topological polar surface area (TPSA) is 51.8 Å². The summed E-state index contributed by atoms with van der Waals surface area (Å²) >= 11 is 0. The Balaban J connectivity index is 2.27. The fourth-order valence-corrected chi connectivity index (χ4v) is 1.40. The summed E-state index contributed by atoms with van der Waals surface area (Å²) in [5.74, 6) is 0.880. The average Bonchev–Trinajstić information content (AvgIpc) is 2.84. The zero-order valence-corrected chi connectivity index (χ0v) is 9.04. The number of rotatable bonds is 1. The molecule has 0 saturated heterocycles. The van der Waals surface area contributed by atoms with Crippen molar-refractivity contribution in [2.24, 2.45) is 5.73 Å². The number of hydrogen-bond acceptors (Lipinski definition) is 3. The molecule has 1 heterocycles. The maximum atomic E-state index is 6.05. The first-order chi connectivity index (χ1) is 6.42. The fourth-order valence-electron chi connectivity index (χ4n) is 1.40. The van der Waals surface area contributed by atoms with Gasteiger partial charge in [-0.25, -0.2) is 9.97 Å². The molecule has 0 aliphatic heterocycles. The summed E-state index contributed by atoms with van der Waals surface area (Å²) < 4.78 is 0. The van der Waals surface area contributed by atoms with Crippen LogP contribution in [0.4, 0.5) is 0 Å². The zero-order valence-electron chi connectivity index (χ0n) is 9.04. The molecule has 1 aromatic rings. The number of aromatic nitrogens is 2. The van der Waals surface area contributed by atoms with Gasteiger partial charge in [0.1, 0.15) is 5.82 Å². The summed E-state index contributed by atoms with van der Waals surface area (Å²) in [6.07, 6.45) is 5.87. The quantitative estimate of drug-likeness (QED) is 0.735. The van der Waals surface area contributed by atoms with Crippen LogP contribution in [0.5, 0.6) is 0 Å². The Bertz CT molecular complexity index is 306. The molecule has 2 rings (SSSR count). The highest BCUT2D eigenvalue weighted by Crippen LogP contribution is 2.42. The minimum Gasteiger partial charge on any atom is -0.321 e. The minimum atomic E-state index is -0.115. The van der Waals surface area contributed by atoms with Crippen LogP contribution in [0.1, 0.15) is 45.0 Å². The van der Waals surface area contributed by atoms with E-state index in [4.69, 9.17) is 5.73 Å². The van der Waals surface area contributed by atoms with E-state index >= 15 is 0 Å². The lowest BCUT2D eigenvalue weighted by Crippen LogP contribution is -2.21. The summed E-state index contributed by atoms with van der Waals surface area (Å²) in [5, 5.41) is 0. The van der Waals surface area contributed by atoms with Crippen LogP contribution in [0.2, 0.25) is 0 Å². The van der Waals surface area contributed by atoms with E-state index in [2.05, 4.69) is 30.7 Å². The van der Waals surface area contributed by atoms with E-state index in [1.54, 1.807) is 0 Å². The van der Waals surface area contributed by atoms with E-state index < -0.39 is 0 Å². The molecule has 0 atom stereocenters. The van der Waals surface area contributed by atoms with Gasteiger partial charge in [-0.3, -0.25) is 0 Å². The van der Waals surface area contributed by atoms with E-state index in [1.165, 1.54) is 0 Å².